The smallest absolute Gasteiger partial charge is 0.0707 e. The summed E-state index contributed by atoms with van der Waals surface area (Å²) >= 11 is 0. The molecule has 0 amide bonds. The summed E-state index contributed by atoms with van der Waals surface area (Å²) < 4.78 is 12.5. The van der Waals surface area contributed by atoms with Crippen molar-refractivity contribution in [1.29, 1.82) is 0 Å². The van der Waals surface area contributed by atoms with Crippen molar-refractivity contribution in [3.63, 3.8) is 0 Å². The molecule has 0 aromatic rings. The van der Waals surface area contributed by atoms with Crippen LogP contribution in [0, 0.1) is 0 Å². The highest BCUT2D eigenvalue weighted by Gasteiger charge is 2.39. The van der Waals surface area contributed by atoms with Crippen molar-refractivity contribution in [2.75, 3.05) is 6.61 Å². The lowest BCUT2D eigenvalue weighted by molar-refractivity contribution is -0.163. The van der Waals surface area contributed by atoms with Crippen LogP contribution in [0.1, 0.15) is 70.6 Å². The first-order valence-corrected chi connectivity index (χ1v) is 8.31. The molecule has 19 heavy (non-hydrogen) atoms. The molecule has 1 aliphatic heterocycles. The third-order valence-corrected chi connectivity index (χ3v) is 5.32. The SMILES string of the molecule is NC1CCC(OC2CCOC3(CCCCC3)C2)CC1. The van der Waals surface area contributed by atoms with Crippen LogP contribution in [-0.2, 0) is 9.47 Å². The van der Waals surface area contributed by atoms with E-state index in [0.29, 0.717) is 18.2 Å². The molecule has 1 saturated heterocycles. The maximum absolute atomic E-state index is 6.37. The van der Waals surface area contributed by atoms with Gasteiger partial charge < -0.3 is 15.2 Å². The van der Waals surface area contributed by atoms with E-state index in [2.05, 4.69) is 0 Å². The lowest BCUT2D eigenvalue weighted by atomic mass is 9.79. The molecule has 1 unspecified atom stereocenters. The van der Waals surface area contributed by atoms with Gasteiger partial charge in [0.15, 0.2) is 0 Å². The molecular weight excluding hydrogens is 238 g/mol. The average molecular weight is 267 g/mol. The number of hydrogen-bond acceptors (Lipinski definition) is 3. The molecule has 3 heteroatoms. The van der Waals surface area contributed by atoms with Crippen LogP contribution >= 0.6 is 0 Å². The number of hydrogen-bond donors (Lipinski definition) is 1. The van der Waals surface area contributed by atoms with E-state index in [-0.39, 0.29) is 5.60 Å². The Balaban J connectivity index is 1.50. The van der Waals surface area contributed by atoms with Gasteiger partial charge in [-0.1, -0.05) is 19.3 Å². The van der Waals surface area contributed by atoms with E-state index >= 15 is 0 Å². The molecule has 0 aromatic heterocycles. The second-order valence-electron chi connectivity index (χ2n) is 6.88. The number of rotatable bonds is 2. The minimum absolute atomic E-state index is 0.173. The van der Waals surface area contributed by atoms with Crippen molar-refractivity contribution in [2.45, 2.75) is 94.5 Å². The van der Waals surface area contributed by atoms with Crippen molar-refractivity contribution in [1.82, 2.24) is 0 Å². The van der Waals surface area contributed by atoms with Crippen LogP contribution in [0.5, 0.6) is 0 Å². The molecular formula is C16H29NO2. The molecule has 2 saturated carbocycles. The molecule has 110 valence electrons. The predicted molar refractivity (Wildman–Crippen MR) is 76.1 cm³/mol. The van der Waals surface area contributed by atoms with Gasteiger partial charge in [-0.05, 0) is 44.9 Å². The van der Waals surface area contributed by atoms with Crippen LogP contribution in [0.3, 0.4) is 0 Å². The summed E-state index contributed by atoms with van der Waals surface area (Å²) in [5.74, 6) is 0. The van der Waals surface area contributed by atoms with E-state index in [1.807, 2.05) is 0 Å². The Morgan fingerprint density at radius 1 is 0.895 bits per heavy atom. The van der Waals surface area contributed by atoms with Crippen molar-refractivity contribution in [3.05, 3.63) is 0 Å². The normalized spacial score (nSPS) is 39.3. The monoisotopic (exact) mass is 267 g/mol. The first kappa shape index (κ1) is 13.8. The Labute approximate surface area is 117 Å². The summed E-state index contributed by atoms with van der Waals surface area (Å²) in [6.07, 6.45) is 14.3. The molecule has 0 radical (unpaired) electrons. The van der Waals surface area contributed by atoms with E-state index in [1.165, 1.54) is 32.1 Å². The van der Waals surface area contributed by atoms with Gasteiger partial charge in [-0.2, -0.15) is 0 Å². The molecule has 3 rings (SSSR count). The Bertz CT molecular complexity index is 275. The predicted octanol–water partition coefficient (Wildman–Crippen LogP) is 3.15. The third-order valence-electron chi connectivity index (χ3n) is 5.32. The van der Waals surface area contributed by atoms with Crippen LogP contribution in [0.2, 0.25) is 0 Å². The molecule has 0 bridgehead atoms. The summed E-state index contributed by atoms with van der Waals surface area (Å²) in [7, 11) is 0. The lowest BCUT2D eigenvalue weighted by Crippen LogP contribution is -2.45. The zero-order valence-electron chi connectivity index (χ0n) is 12.1. The van der Waals surface area contributed by atoms with Gasteiger partial charge in [-0.25, -0.2) is 0 Å². The average Bonchev–Trinajstić information content (AvgIpc) is 2.42. The third kappa shape index (κ3) is 3.50. The molecule has 2 N–H and O–H groups in total. The molecule has 3 aliphatic rings. The van der Waals surface area contributed by atoms with E-state index in [9.17, 15) is 0 Å². The van der Waals surface area contributed by atoms with Crippen molar-refractivity contribution < 1.29 is 9.47 Å². The second-order valence-corrected chi connectivity index (χ2v) is 6.88. The van der Waals surface area contributed by atoms with E-state index < -0.39 is 0 Å². The Morgan fingerprint density at radius 3 is 2.37 bits per heavy atom. The van der Waals surface area contributed by atoms with Gasteiger partial charge in [0.1, 0.15) is 0 Å². The Hall–Kier alpha value is -0.120. The topological polar surface area (TPSA) is 44.5 Å². The van der Waals surface area contributed by atoms with Gasteiger partial charge >= 0.3 is 0 Å². The largest absolute Gasteiger partial charge is 0.375 e. The van der Waals surface area contributed by atoms with Crippen molar-refractivity contribution in [2.24, 2.45) is 5.73 Å². The summed E-state index contributed by atoms with van der Waals surface area (Å²) in [4.78, 5) is 0. The first-order chi connectivity index (χ1) is 9.26. The molecule has 1 heterocycles. The summed E-state index contributed by atoms with van der Waals surface area (Å²) in [5.41, 5.74) is 6.14. The molecule has 1 spiro atoms. The summed E-state index contributed by atoms with van der Waals surface area (Å²) in [5, 5.41) is 0. The first-order valence-electron chi connectivity index (χ1n) is 8.31. The van der Waals surface area contributed by atoms with Crippen LogP contribution in [-0.4, -0.2) is 30.5 Å². The van der Waals surface area contributed by atoms with Gasteiger partial charge in [-0.15, -0.1) is 0 Å². The fourth-order valence-corrected chi connectivity index (χ4v) is 4.14. The molecule has 3 fully saturated rings. The van der Waals surface area contributed by atoms with Gasteiger partial charge in [0.05, 0.1) is 17.8 Å². The van der Waals surface area contributed by atoms with Gasteiger partial charge in [-0.3, -0.25) is 0 Å². The highest BCUT2D eigenvalue weighted by Crippen LogP contribution is 2.40. The minimum atomic E-state index is 0.173. The zero-order chi connectivity index (χ0) is 13.1. The second kappa shape index (κ2) is 6.11. The van der Waals surface area contributed by atoms with Crippen molar-refractivity contribution >= 4 is 0 Å². The van der Waals surface area contributed by atoms with Crippen LogP contribution in [0.15, 0.2) is 0 Å². The van der Waals surface area contributed by atoms with Crippen LogP contribution in [0.4, 0.5) is 0 Å². The zero-order valence-corrected chi connectivity index (χ0v) is 12.1. The van der Waals surface area contributed by atoms with Crippen molar-refractivity contribution in [3.8, 4) is 0 Å². The van der Waals surface area contributed by atoms with E-state index in [1.54, 1.807) is 0 Å². The van der Waals surface area contributed by atoms with E-state index in [4.69, 9.17) is 15.2 Å². The maximum atomic E-state index is 6.37. The molecule has 3 nitrogen and oxygen atoms in total. The van der Waals surface area contributed by atoms with E-state index in [0.717, 1.165) is 45.1 Å². The molecule has 0 aromatic carbocycles. The van der Waals surface area contributed by atoms with Gasteiger partial charge in [0.2, 0.25) is 0 Å². The summed E-state index contributed by atoms with van der Waals surface area (Å²) in [6, 6.07) is 0.416. The molecule has 2 aliphatic carbocycles. The highest BCUT2D eigenvalue weighted by molar-refractivity contribution is 4.90. The standard InChI is InChI=1S/C16H29NO2/c17-13-4-6-14(7-5-13)19-15-8-11-18-16(12-15)9-2-1-3-10-16/h13-15H,1-12,17H2. The molecule has 1 atom stereocenters. The quantitative estimate of drug-likeness (QED) is 0.836. The summed E-state index contributed by atoms with van der Waals surface area (Å²) in [6.45, 7) is 0.900. The van der Waals surface area contributed by atoms with Crippen LogP contribution in [0.25, 0.3) is 0 Å². The highest BCUT2D eigenvalue weighted by atomic mass is 16.5. The fraction of sp³-hybridized carbons (Fsp3) is 1.00. The maximum Gasteiger partial charge on any atom is 0.0707 e. The Morgan fingerprint density at radius 2 is 1.63 bits per heavy atom. The number of ether oxygens (including phenoxy) is 2. The minimum Gasteiger partial charge on any atom is -0.375 e. The lowest BCUT2D eigenvalue weighted by Gasteiger charge is -2.44. The number of nitrogens with two attached hydrogens (primary N) is 1. The van der Waals surface area contributed by atoms with Gasteiger partial charge in [0, 0.05) is 19.1 Å². The Kier molecular flexibility index (Phi) is 4.45. The fourth-order valence-electron chi connectivity index (χ4n) is 4.14. The van der Waals surface area contributed by atoms with Gasteiger partial charge in [0.25, 0.3) is 0 Å². The van der Waals surface area contributed by atoms with Crippen LogP contribution < -0.4 is 5.73 Å².